The number of sulfonamides is 1. The molecule has 2 heterocycles. The maximum absolute atomic E-state index is 11.7. The summed E-state index contributed by atoms with van der Waals surface area (Å²) in [7, 11) is -3.67. The molecule has 1 saturated heterocycles. The lowest BCUT2D eigenvalue weighted by molar-refractivity contribution is -0.120. The minimum Gasteiger partial charge on any atom is -0.381 e. The Bertz CT molecular complexity index is 547. The van der Waals surface area contributed by atoms with Crippen LogP contribution >= 0.6 is 11.3 Å². The predicted molar refractivity (Wildman–Crippen MR) is 71.3 cm³/mol. The molecule has 1 aliphatic rings. The zero-order valence-corrected chi connectivity index (χ0v) is 11.9. The summed E-state index contributed by atoms with van der Waals surface area (Å²) in [5, 5.41) is 7.84. The molecule has 0 aromatic carbocycles. The number of carbonyl (C=O) groups excluding carboxylic acids is 1. The number of rotatable bonds is 5. The highest BCUT2D eigenvalue weighted by Crippen LogP contribution is 2.20. The molecule has 0 aliphatic carbocycles. The van der Waals surface area contributed by atoms with E-state index in [1.807, 2.05) is 0 Å². The first-order chi connectivity index (χ1) is 8.95. The average molecular weight is 304 g/mol. The highest BCUT2D eigenvalue weighted by atomic mass is 32.2. The molecular weight excluding hydrogens is 288 g/mol. The van der Waals surface area contributed by atoms with Gasteiger partial charge in [0.2, 0.25) is 15.9 Å². The highest BCUT2D eigenvalue weighted by Gasteiger charge is 2.17. The Hall–Kier alpha value is -0.960. The van der Waals surface area contributed by atoms with Gasteiger partial charge in [-0.05, 0) is 18.6 Å². The normalized spacial score (nSPS) is 19.5. The lowest BCUT2D eigenvalue weighted by Crippen LogP contribution is -2.30. The molecular formula is C11H16N2O4S2. The second kappa shape index (κ2) is 6.00. The van der Waals surface area contributed by atoms with Gasteiger partial charge >= 0.3 is 0 Å². The van der Waals surface area contributed by atoms with E-state index in [9.17, 15) is 13.2 Å². The molecule has 1 aromatic heterocycles. The van der Waals surface area contributed by atoms with Crippen LogP contribution in [-0.4, -0.2) is 34.1 Å². The smallest absolute Gasteiger partial charge is 0.247 e. The van der Waals surface area contributed by atoms with E-state index in [0.717, 1.165) is 24.4 Å². The fourth-order valence-electron chi connectivity index (χ4n) is 1.83. The highest BCUT2D eigenvalue weighted by molar-refractivity contribution is 7.91. The van der Waals surface area contributed by atoms with Crippen LogP contribution in [-0.2, 0) is 26.0 Å². The first-order valence-electron chi connectivity index (χ1n) is 5.91. The Balaban J connectivity index is 1.83. The van der Waals surface area contributed by atoms with Crippen LogP contribution in [0.5, 0.6) is 0 Å². The quantitative estimate of drug-likeness (QED) is 0.805. The van der Waals surface area contributed by atoms with Crippen LogP contribution in [0.15, 0.2) is 16.3 Å². The minimum atomic E-state index is -3.67. The number of amides is 1. The summed E-state index contributed by atoms with van der Waals surface area (Å²) in [6.45, 7) is 2.05. The molecule has 1 fully saturated rings. The number of carbonyl (C=O) groups is 1. The van der Waals surface area contributed by atoms with Gasteiger partial charge in [-0.25, -0.2) is 13.6 Å². The summed E-state index contributed by atoms with van der Waals surface area (Å²) in [6.07, 6.45) is 1.14. The Labute approximate surface area is 116 Å². The monoisotopic (exact) mass is 304 g/mol. The van der Waals surface area contributed by atoms with Crippen LogP contribution in [0.4, 0.5) is 0 Å². The molecule has 1 atom stereocenters. The van der Waals surface area contributed by atoms with Crippen molar-refractivity contribution in [1.29, 1.82) is 0 Å². The van der Waals surface area contributed by atoms with Crippen molar-refractivity contribution in [2.45, 2.75) is 17.1 Å². The van der Waals surface area contributed by atoms with Gasteiger partial charge in [0.25, 0.3) is 0 Å². The summed E-state index contributed by atoms with van der Waals surface area (Å²) in [6, 6.07) is 3.04. The molecule has 1 amide bonds. The van der Waals surface area contributed by atoms with Crippen molar-refractivity contribution in [2.75, 3.05) is 19.8 Å². The van der Waals surface area contributed by atoms with Gasteiger partial charge < -0.3 is 10.1 Å². The molecule has 6 nitrogen and oxygen atoms in total. The Morgan fingerprint density at radius 3 is 2.89 bits per heavy atom. The first kappa shape index (κ1) is 14.4. The van der Waals surface area contributed by atoms with Gasteiger partial charge in [0, 0.05) is 23.9 Å². The number of ether oxygens (including phenoxy) is 1. The molecule has 1 unspecified atom stereocenters. The van der Waals surface area contributed by atoms with Gasteiger partial charge in [0.15, 0.2) is 0 Å². The van der Waals surface area contributed by atoms with Crippen LogP contribution < -0.4 is 10.5 Å². The van der Waals surface area contributed by atoms with Crippen LogP contribution in [0.1, 0.15) is 11.3 Å². The largest absolute Gasteiger partial charge is 0.381 e. The van der Waals surface area contributed by atoms with Gasteiger partial charge in [-0.2, -0.15) is 0 Å². The number of hydrogen-bond donors (Lipinski definition) is 2. The van der Waals surface area contributed by atoms with Crippen LogP contribution in [0.2, 0.25) is 0 Å². The second-order valence-electron chi connectivity index (χ2n) is 4.48. The molecule has 1 aromatic rings. The standard InChI is InChI=1S/C11H16N2O4S2/c12-19(15,16)11-2-1-9(18-11)5-10(14)13-6-8-3-4-17-7-8/h1-2,8H,3-7H2,(H,13,14)(H2,12,15,16). The molecule has 3 N–H and O–H groups in total. The van der Waals surface area contributed by atoms with E-state index in [1.54, 1.807) is 6.07 Å². The Kier molecular flexibility index (Phi) is 4.56. The van der Waals surface area contributed by atoms with Gasteiger partial charge in [0.1, 0.15) is 4.21 Å². The molecule has 8 heteroatoms. The summed E-state index contributed by atoms with van der Waals surface area (Å²) < 4.78 is 27.5. The molecule has 106 valence electrons. The molecule has 0 radical (unpaired) electrons. The third-order valence-electron chi connectivity index (χ3n) is 2.86. The van der Waals surface area contributed by atoms with E-state index in [0.29, 0.717) is 23.9 Å². The van der Waals surface area contributed by atoms with E-state index < -0.39 is 10.0 Å². The Morgan fingerprint density at radius 1 is 1.53 bits per heavy atom. The maximum Gasteiger partial charge on any atom is 0.247 e. The zero-order chi connectivity index (χ0) is 13.9. The number of hydrogen-bond acceptors (Lipinski definition) is 5. The Morgan fingerprint density at radius 2 is 2.32 bits per heavy atom. The van der Waals surface area contributed by atoms with Crippen LogP contribution in [0.3, 0.4) is 0 Å². The molecule has 1 aliphatic heterocycles. The molecule has 0 saturated carbocycles. The predicted octanol–water partition coefficient (Wildman–Crippen LogP) is 0.0907. The van der Waals surface area contributed by atoms with E-state index >= 15 is 0 Å². The van der Waals surface area contributed by atoms with Crippen molar-refractivity contribution in [3.8, 4) is 0 Å². The van der Waals surface area contributed by atoms with Crippen LogP contribution in [0, 0.1) is 5.92 Å². The number of primary sulfonamides is 1. The number of nitrogens with one attached hydrogen (secondary N) is 1. The van der Waals surface area contributed by atoms with E-state index in [2.05, 4.69) is 5.32 Å². The van der Waals surface area contributed by atoms with Gasteiger partial charge in [-0.3, -0.25) is 4.79 Å². The molecule has 2 rings (SSSR count). The van der Waals surface area contributed by atoms with Gasteiger partial charge in [-0.1, -0.05) is 0 Å². The maximum atomic E-state index is 11.7. The molecule has 0 spiro atoms. The van der Waals surface area contributed by atoms with Crippen molar-refractivity contribution in [3.63, 3.8) is 0 Å². The van der Waals surface area contributed by atoms with Gasteiger partial charge in [0.05, 0.1) is 13.0 Å². The van der Waals surface area contributed by atoms with E-state index in [1.165, 1.54) is 6.07 Å². The molecule has 0 bridgehead atoms. The summed E-state index contributed by atoms with van der Waals surface area (Å²) in [5.41, 5.74) is 0. The summed E-state index contributed by atoms with van der Waals surface area (Å²) in [5.74, 6) is 0.266. The second-order valence-corrected chi connectivity index (χ2v) is 7.43. The topological polar surface area (TPSA) is 98.5 Å². The third-order valence-corrected chi connectivity index (χ3v) is 5.39. The fourth-order valence-corrected chi connectivity index (χ4v) is 3.61. The summed E-state index contributed by atoms with van der Waals surface area (Å²) in [4.78, 5) is 12.4. The third kappa shape index (κ3) is 4.27. The first-order valence-corrected chi connectivity index (χ1v) is 8.27. The minimum absolute atomic E-state index is 0.0829. The fraction of sp³-hybridized carbons (Fsp3) is 0.545. The van der Waals surface area contributed by atoms with Crippen molar-refractivity contribution < 1.29 is 17.9 Å². The lowest BCUT2D eigenvalue weighted by atomic mass is 10.1. The SMILES string of the molecule is NS(=O)(=O)c1ccc(CC(=O)NCC2CCOC2)s1. The average Bonchev–Trinajstić information content (AvgIpc) is 2.95. The number of nitrogens with two attached hydrogens (primary N) is 1. The van der Waals surface area contributed by atoms with Gasteiger partial charge in [-0.15, -0.1) is 11.3 Å². The van der Waals surface area contributed by atoms with E-state index in [-0.39, 0.29) is 16.5 Å². The summed E-state index contributed by atoms with van der Waals surface area (Å²) >= 11 is 1.03. The van der Waals surface area contributed by atoms with Crippen molar-refractivity contribution in [1.82, 2.24) is 5.32 Å². The zero-order valence-electron chi connectivity index (χ0n) is 10.3. The van der Waals surface area contributed by atoms with Crippen molar-refractivity contribution in [3.05, 3.63) is 17.0 Å². The van der Waals surface area contributed by atoms with Crippen molar-refractivity contribution >= 4 is 27.3 Å². The van der Waals surface area contributed by atoms with Crippen molar-refractivity contribution in [2.24, 2.45) is 11.1 Å². The van der Waals surface area contributed by atoms with Crippen LogP contribution in [0.25, 0.3) is 0 Å². The van der Waals surface area contributed by atoms with E-state index in [4.69, 9.17) is 9.88 Å². The molecule has 19 heavy (non-hydrogen) atoms. The lowest BCUT2D eigenvalue weighted by Gasteiger charge is -2.08. The number of thiophene rings is 1.